The van der Waals surface area contributed by atoms with Gasteiger partial charge in [-0.3, -0.25) is 4.79 Å². The smallest absolute Gasteiger partial charge is 0.242 e. The van der Waals surface area contributed by atoms with Crippen molar-refractivity contribution in [2.24, 2.45) is 5.92 Å². The Labute approximate surface area is 105 Å². The van der Waals surface area contributed by atoms with Gasteiger partial charge in [0.2, 0.25) is 5.91 Å². The monoisotopic (exact) mass is 241 g/mol. The molecule has 1 saturated heterocycles. The molecule has 0 saturated carbocycles. The molecule has 17 heavy (non-hydrogen) atoms. The number of hydrogen-bond donors (Lipinski definition) is 1. The molecule has 1 aliphatic rings. The highest BCUT2D eigenvalue weighted by molar-refractivity contribution is 5.85. The fourth-order valence-electron chi connectivity index (χ4n) is 2.30. The van der Waals surface area contributed by atoms with Crippen molar-refractivity contribution in [2.45, 2.75) is 32.2 Å². The highest BCUT2D eigenvalue weighted by Gasteiger charge is 2.30. The minimum absolute atomic E-state index is 0.180. The second-order valence-electron chi connectivity index (χ2n) is 5.81. The van der Waals surface area contributed by atoms with E-state index < -0.39 is 5.54 Å². The van der Waals surface area contributed by atoms with Crippen LogP contribution in [0.2, 0.25) is 0 Å². The summed E-state index contributed by atoms with van der Waals surface area (Å²) in [5.41, 5.74) is -0.458. The van der Waals surface area contributed by atoms with Crippen LogP contribution in [0.4, 0.5) is 0 Å². The molecular weight excluding hydrogens is 214 g/mol. The molecular formula is C13H27N3O. The predicted octanol–water partition coefficient (Wildman–Crippen LogP) is 0.785. The summed E-state index contributed by atoms with van der Waals surface area (Å²) < 4.78 is 0. The average molecular weight is 241 g/mol. The topological polar surface area (TPSA) is 35.6 Å². The molecule has 1 heterocycles. The summed E-state index contributed by atoms with van der Waals surface area (Å²) in [5.74, 6) is 0.840. The van der Waals surface area contributed by atoms with E-state index in [9.17, 15) is 4.79 Å². The SMILES string of the molecule is CNC(C)(C)C(=O)N(C)CC1CCN(C)CC1. The van der Waals surface area contributed by atoms with Crippen LogP contribution in [0.15, 0.2) is 0 Å². The zero-order valence-corrected chi connectivity index (χ0v) is 11.9. The Morgan fingerprint density at radius 3 is 2.41 bits per heavy atom. The maximum atomic E-state index is 12.2. The normalized spacial score (nSPS) is 19.4. The minimum Gasteiger partial charge on any atom is -0.344 e. The lowest BCUT2D eigenvalue weighted by molar-refractivity contribution is -0.136. The molecule has 0 unspecified atom stereocenters. The molecule has 0 spiro atoms. The molecule has 100 valence electrons. The predicted molar refractivity (Wildman–Crippen MR) is 71.0 cm³/mol. The Morgan fingerprint density at radius 2 is 1.94 bits per heavy atom. The molecule has 0 aromatic carbocycles. The minimum atomic E-state index is -0.458. The summed E-state index contributed by atoms with van der Waals surface area (Å²) in [6.45, 7) is 7.06. The number of nitrogens with zero attached hydrogens (tertiary/aromatic N) is 2. The lowest BCUT2D eigenvalue weighted by Crippen LogP contribution is -2.52. The number of piperidine rings is 1. The molecule has 0 bridgehead atoms. The van der Waals surface area contributed by atoms with E-state index in [4.69, 9.17) is 0 Å². The van der Waals surface area contributed by atoms with Gasteiger partial charge >= 0.3 is 0 Å². The molecule has 1 amide bonds. The quantitative estimate of drug-likeness (QED) is 0.790. The van der Waals surface area contributed by atoms with Gasteiger partial charge < -0.3 is 15.1 Å². The highest BCUT2D eigenvalue weighted by atomic mass is 16.2. The summed E-state index contributed by atoms with van der Waals surface area (Å²) in [6, 6.07) is 0. The summed E-state index contributed by atoms with van der Waals surface area (Å²) in [7, 11) is 5.91. The molecule has 1 fully saturated rings. The van der Waals surface area contributed by atoms with E-state index in [0.717, 1.165) is 19.6 Å². The number of likely N-dealkylation sites (N-methyl/N-ethyl adjacent to an activating group) is 2. The van der Waals surface area contributed by atoms with Crippen molar-refractivity contribution in [3.05, 3.63) is 0 Å². The zero-order chi connectivity index (χ0) is 13.1. The molecule has 0 aromatic heterocycles. The van der Waals surface area contributed by atoms with E-state index in [-0.39, 0.29) is 5.91 Å². The highest BCUT2D eigenvalue weighted by Crippen LogP contribution is 2.18. The Hall–Kier alpha value is -0.610. The Bertz CT molecular complexity index is 257. The van der Waals surface area contributed by atoms with Crippen LogP contribution in [0.25, 0.3) is 0 Å². The van der Waals surface area contributed by atoms with Gasteiger partial charge in [0, 0.05) is 13.6 Å². The first kappa shape index (κ1) is 14.5. The summed E-state index contributed by atoms with van der Waals surface area (Å²) in [6.07, 6.45) is 2.40. The van der Waals surface area contributed by atoms with E-state index in [1.165, 1.54) is 12.8 Å². The second-order valence-corrected chi connectivity index (χ2v) is 5.81. The van der Waals surface area contributed by atoms with Crippen LogP contribution in [-0.4, -0.2) is 62.0 Å². The Morgan fingerprint density at radius 1 is 1.41 bits per heavy atom. The van der Waals surface area contributed by atoms with Crippen molar-refractivity contribution in [3.8, 4) is 0 Å². The van der Waals surface area contributed by atoms with Gasteiger partial charge in [0.25, 0.3) is 0 Å². The maximum absolute atomic E-state index is 12.2. The van der Waals surface area contributed by atoms with Crippen LogP contribution < -0.4 is 5.32 Å². The van der Waals surface area contributed by atoms with Gasteiger partial charge in [0.05, 0.1) is 5.54 Å². The van der Waals surface area contributed by atoms with E-state index >= 15 is 0 Å². The van der Waals surface area contributed by atoms with Crippen molar-refractivity contribution < 1.29 is 4.79 Å². The molecule has 1 N–H and O–H groups in total. The summed E-state index contributed by atoms with van der Waals surface area (Å²) in [4.78, 5) is 16.4. The second kappa shape index (κ2) is 5.83. The van der Waals surface area contributed by atoms with Crippen molar-refractivity contribution in [3.63, 3.8) is 0 Å². The molecule has 1 aliphatic heterocycles. The first-order valence-corrected chi connectivity index (χ1v) is 6.50. The van der Waals surface area contributed by atoms with Crippen molar-refractivity contribution >= 4 is 5.91 Å². The maximum Gasteiger partial charge on any atom is 0.242 e. The fourth-order valence-corrected chi connectivity index (χ4v) is 2.30. The molecule has 0 aromatic rings. The van der Waals surface area contributed by atoms with Gasteiger partial charge in [0.15, 0.2) is 0 Å². The Balaban J connectivity index is 2.44. The van der Waals surface area contributed by atoms with Crippen LogP contribution in [0.1, 0.15) is 26.7 Å². The average Bonchev–Trinajstić information content (AvgIpc) is 2.31. The third-order valence-electron chi connectivity index (χ3n) is 3.88. The lowest BCUT2D eigenvalue weighted by atomic mass is 9.95. The lowest BCUT2D eigenvalue weighted by Gasteiger charge is -2.34. The number of nitrogens with one attached hydrogen (secondary N) is 1. The van der Waals surface area contributed by atoms with Crippen LogP contribution in [-0.2, 0) is 4.79 Å². The van der Waals surface area contributed by atoms with Crippen LogP contribution in [0.3, 0.4) is 0 Å². The van der Waals surface area contributed by atoms with E-state index in [1.54, 1.807) is 0 Å². The molecule has 0 radical (unpaired) electrons. The number of hydrogen-bond acceptors (Lipinski definition) is 3. The fraction of sp³-hybridized carbons (Fsp3) is 0.923. The third-order valence-corrected chi connectivity index (χ3v) is 3.88. The number of likely N-dealkylation sites (tertiary alicyclic amines) is 1. The molecule has 0 atom stereocenters. The largest absolute Gasteiger partial charge is 0.344 e. The summed E-state index contributed by atoms with van der Waals surface area (Å²) >= 11 is 0. The Kier molecular flexibility index (Phi) is 4.95. The molecule has 4 nitrogen and oxygen atoms in total. The first-order chi connectivity index (χ1) is 7.86. The third kappa shape index (κ3) is 3.96. The number of carbonyl (C=O) groups is 1. The van der Waals surface area contributed by atoms with Crippen molar-refractivity contribution in [1.29, 1.82) is 0 Å². The molecule has 4 heteroatoms. The molecule has 1 rings (SSSR count). The molecule has 0 aliphatic carbocycles. The van der Waals surface area contributed by atoms with Crippen molar-refractivity contribution in [1.82, 2.24) is 15.1 Å². The van der Waals surface area contributed by atoms with Crippen molar-refractivity contribution in [2.75, 3.05) is 40.8 Å². The van der Waals surface area contributed by atoms with E-state index in [1.807, 2.05) is 32.8 Å². The van der Waals surface area contributed by atoms with E-state index in [0.29, 0.717) is 5.92 Å². The number of carbonyl (C=O) groups excluding carboxylic acids is 1. The first-order valence-electron chi connectivity index (χ1n) is 6.50. The van der Waals surface area contributed by atoms with Gasteiger partial charge in [-0.2, -0.15) is 0 Å². The van der Waals surface area contributed by atoms with Crippen LogP contribution >= 0.6 is 0 Å². The van der Waals surface area contributed by atoms with Gasteiger partial charge in [-0.05, 0) is 59.8 Å². The summed E-state index contributed by atoms with van der Waals surface area (Å²) in [5, 5.41) is 3.07. The van der Waals surface area contributed by atoms with Crippen LogP contribution in [0, 0.1) is 5.92 Å². The van der Waals surface area contributed by atoms with Gasteiger partial charge in [-0.15, -0.1) is 0 Å². The zero-order valence-electron chi connectivity index (χ0n) is 11.9. The van der Waals surface area contributed by atoms with Gasteiger partial charge in [-0.1, -0.05) is 0 Å². The van der Waals surface area contributed by atoms with E-state index in [2.05, 4.69) is 17.3 Å². The van der Waals surface area contributed by atoms with Gasteiger partial charge in [-0.25, -0.2) is 0 Å². The van der Waals surface area contributed by atoms with Gasteiger partial charge in [0.1, 0.15) is 0 Å². The number of amides is 1. The number of rotatable bonds is 4. The van der Waals surface area contributed by atoms with Crippen LogP contribution in [0.5, 0.6) is 0 Å². The standard InChI is InChI=1S/C13H27N3O/c1-13(2,14-3)12(17)16(5)10-11-6-8-15(4)9-7-11/h11,14H,6-10H2,1-5H3.